The summed E-state index contributed by atoms with van der Waals surface area (Å²) in [5.41, 5.74) is 2.02. The van der Waals surface area contributed by atoms with Crippen molar-refractivity contribution in [1.29, 1.82) is 0 Å². The quantitative estimate of drug-likeness (QED) is 0.770. The molecule has 2 saturated heterocycles. The lowest BCUT2D eigenvalue weighted by molar-refractivity contribution is -0.131. The number of rotatable bonds is 6. The summed E-state index contributed by atoms with van der Waals surface area (Å²) in [6.07, 6.45) is 4.19. The molecule has 2 aromatic rings. The first-order valence-corrected chi connectivity index (χ1v) is 10.8. The highest BCUT2D eigenvalue weighted by atomic mass is 35.5. The zero-order valence-corrected chi connectivity index (χ0v) is 17.3. The fourth-order valence-electron chi connectivity index (χ4n) is 4.72. The Bertz CT molecular complexity index is 885. The molecule has 2 unspecified atom stereocenters. The normalized spacial score (nSPS) is 24.0. The molecule has 152 valence electrons. The first-order chi connectivity index (χ1) is 14.0. The molecule has 29 heavy (non-hydrogen) atoms. The van der Waals surface area contributed by atoms with Crippen molar-refractivity contribution in [3.05, 3.63) is 70.7 Å². The number of carbonyl (C=O) groups excluding carboxylic acids is 2. The lowest BCUT2D eigenvalue weighted by Gasteiger charge is -2.30. The second kappa shape index (κ2) is 8.58. The second-order valence-corrected chi connectivity index (χ2v) is 8.74. The average Bonchev–Trinajstić information content (AvgIpc) is 3.35. The molecule has 0 spiro atoms. The summed E-state index contributed by atoms with van der Waals surface area (Å²) in [5, 5.41) is 3.96. The number of hydrogen-bond donors (Lipinski definition) is 1. The van der Waals surface area contributed by atoms with Gasteiger partial charge in [0.1, 0.15) is 0 Å². The fraction of sp³-hybridized carbons (Fsp3) is 0.417. The highest BCUT2D eigenvalue weighted by Crippen LogP contribution is 2.34. The molecule has 2 aliphatic rings. The van der Waals surface area contributed by atoms with E-state index in [1.165, 1.54) is 5.56 Å². The minimum Gasteiger partial charge on any atom is -0.350 e. The number of likely N-dealkylation sites (tertiary alicyclic amines) is 1. The third-order valence-electron chi connectivity index (χ3n) is 6.32. The van der Waals surface area contributed by atoms with Gasteiger partial charge in [-0.1, -0.05) is 60.1 Å². The maximum Gasteiger partial charge on any atom is 0.222 e. The van der Waals surface area contributed by atoms with Crippen molar-refractivity contribution in [3.8, 4) is 0 Å². The van der Waals surface area contributed by atoms with E-state index in [4.69, 9.17) is 11.6 Å². The average molecular weight is 411 g/mol. The lowest BCUT2D eigenvalue weighted by atomic mass is 9.85. The largest absolute Gasteiger partial charge is 0.350 e. The Balaban J connectivity index is 1.37. The van der Waals surface area contributed by atoms with Crippen LogP contribution in [0, 0.1) is 0 Å². The van der Waals surface area contributed by atoms with Crippen LogP contribution in [0.15, 0.2) is 54.6 Å². The maximum atomic E-state index is 12.9. The predicted octanol–water partition coefficient (Wildman–Crippen LogP) is 4.33. The molecular weight excluding hydrogens is 384 g/mol. The summed E-state index contributed by atoms with van der Waals surface area (Å²) < 4.78 is 0. The molecule has 1 N–H and O–H groups in total. The van der Waals surface area contributed by atoms with E-state index in [0.29, 0.717) is 25.2 Å². The van der Waals surface area contributed by atoms with Crippen LogP contribution < -0.4 is 5.32 Å². The molecule has 0 aromatic heterocycles. The van der Waals surface area contributed by atoms with Crippen molar-refractivity contribution in [2.24, 2.45) is 0 Å². The molecule has 4 rings (SSSR count). The number of nitrogens with zero attached hydrogens (tertiary/aromatic N) is 1. The number of nitrogens with one attached hydrogen (secondary N) is 1. The zero-order chi connectivity index (χ0) is 20.3. The summed E-state index contributed by atoms with van der Waals surface area (Å²) in [6.45, 7) is 1.49. The second-order valence-electron chi connectivity index (χ2n) is 8.34. The van der Waals surface area contributed by atoms with E-state index < -0.39 is 0 Å². The first kappa shape index (κ1) is 20.0. The number of hydrogen-bond acceptors (Lipinski definition) is 2. The third-order valence-corrected chi connectivity index (χ3v) is 6.67. The zero-order valence-electron chi connectivity index (χ0n) is 16.6. The molecule has 0 aliphatic carbocycles. The van der Waals surface area contributed by atoms with E-state index in [-0.39, 0.29) is 17.4 Å². The molecule has 2 amide bonds. The van der Waals surface area contributed by atoms with Crippen LogP contribution in [0.5, 0.6) is 0 Å². The molecular formula is C24H27ClN2O2. The Morgan fingerprint density at radius 2 is 1.90 bits per heavy atom. The monoisotopic (exact) mass is 410 g/mol. The fourth-order valence-corrected chi connectivity index (χ4v) is 5.01. The van der Waals surface area contributed by atoms with E-state index >= 15 is 0 Å². The Labute approximate surface area is 177 Å². The van der Waals surface area contributed by atoms with Crippen LogP contribution in [0.1, 0.15) is 49.1 Å². The van der Waals surface area contributed by atoms with Crippen LogP contribution in [-0.4, -0.2) is 35.3 Å². The van der Waals surface area contributed by atoms with E-state index in [9.17, 15) is 9.59 Å². The molecule has 0 radical (unpaired) electrons. The van der Waals surface area contributed by atoms with Crippen molar-refractivity contribution < 1.29 is 9.59 Å². The number of halogens is 1. The SMILES string of the molecule is O=C1CCC(CCC(=O)N2CCC(c3ccccc3Cl)C2)(Cc2ccccc2)N1. The van der Waals surface area contributed by atoms with Crippen molar-refractivity contribution in [2.75, 3.05) is 13.1 Å². The lowest BCUT2D eigenvalue weighted by Crippen LogP contribution is -2.44. The van der Waals surface area contributed by atoms with Gasteiger partial charge in [-0.05, 0) is 42.9 Å². The molecule has 0 bridgehead atoms. The van der Waals surface area contributed by atoms with Gasteiger partial charge in [0.25, 0.3) is 0 Å². The Hall–Kier alpha value is -2.33. The van der Waals surface area contributed by atoms with Crippen molar-refractivity contribution in [1.82, 2.24) is 10.2 Å². The first-order valence-electron chi connectivity index (χ1n) is 10.4. The molecule has 2 aromatic carbocycles. The minimum atomic E-state index is -0.310. The Morgan fingerprint density at radius 1 is 1.14 bits per heavy atom. The molecule has 4 nitrogen and oxygen atoms in total. The maximum absolute atomic E-state index is 12.9. The van der Waals surface area contributed by atoms with Crippen molar-refractivity contribution in [3.63, 3.8) is 0 Å². The summed E-state index contributed by atoms with van der Waals surface area (Å²) >= 11 is 6.34. The van der Waals surface area contributed by atoms with Gasteiger partial charge < -0.3 is 10.2 Å². The van der Waals surface area contributed by atoms with Gasteiger partial charge in [-0.15, -0.1) is 0 Å². The van der Waals surface area contributed by atoms with Crippen molar-refractivity contribution in [2.45, 2.75) is 50.0 Å². The molecule has 2 fully saturated rings. The van der Waals surface area contributed by atoms with Gasteiger partial charge in [0.05, 0.1) is 0 Å². The van der Waals surface area contributed by atoms with E-state index in [0.717, 1.165) is 42.9 Å². The number of benzene rings is 2. The van der Waals surface area contributed by atoms with Crippen molar-refractivity contribution >= 4 is 23.4 Å². The van der Waals surface area contributed by atoms with E-state index in [2.05, 4.69) is 23.5 Å². The predicted molar refractivity (Wildman–Crippen MR) is 115 cm³/mol. The van der Waals surface area contributed by atoms with Crippen LogP contribution >= 0.6 is 11.6 Å². The molecule has 2 aliphatic heterocycles. The summed E-state index contributed by atoms with van der Waals surface area (Å²) in [4.78, 5) is 26.8. The van der Waals surface area contributed by atoms with Gasteiger partial charge in [-0.2, -0.15) is 0 Å². The van der Waals surface area contributed by atoms with Crippen LogP contribution in [-0.2, 0) is 16.0 Å². The van der Waals surface area contributed by atoms with Gasteiger partial charge in [0.2, 0.25) is 11.8 Å². The van der Waals surface area contributed by atoms with E-state index in [1.807, 2.05) is 41.3 Å². The van der Waals surface area contributed by atoms with Crippen LogP contribution in [0.25, 0.3) is 0 Å². The van der Waals surface area contributed by atoms with Gasteiger partial charge in [-0.25, -0.2) is 0 Å². The van der Waals surface area contributed by atoms with Gasteiger partial charge in [0, 0.05) is 42.4 Å². The third kappa shape index (κ3) is 4.64. The highest BCUT2D eigenvalue weighted by molar-refractivity contribution is 6.31. The van der Waals surface area contributed by atoms with Crippen LogP contribution in [0.4, 0.5) is 0 Å². The van der Waals surface area contributed by atoms with Gasteiger partial charge in [-0.3, -0.25) is 9.59 Å². The van der Waals surface area contributed by atoms with Gasteiger partial charge >= 0.3 is 0 Å². The minimum absolute atomic E-state index is 0.0911. The van der Waals surface area contributed by atoms with Crippen LogP contribution in [0.2, 0.25) is 5.02 Å². The molecule has 0 saturated carbocycles. The van der Waals surface area contributed by atoms with E-state index in [1.54, 1.807) is 0 Å². The Kier molecular flexibility index (Phi) is 5.91. The molecule has 2 atom stereocenters. The highest BCUT2D eigenvalue weighted by Gasteiger charge is 2.38. The molecule has 2 heterocycles. The number of carbonyl (C=O) groups is 2. The Morgan fingerprint density at radius 3 is 2.62 bits per heavy atom. The number of amides is 2. The molecule has 5 heteroatoms. The summed E-state index contributed by atoms with van der Waals surface area (Å²) in [6, 6.07) is 18.1. The standard InChI is InChI=1S/C24H27ClN2O2/c25-21-9-5-4-8-20(21)19-12-15-27(17-19)23(29)11-14-24(13-10-22(28)26-24)16-18-6-2-1-3-7-18/h1-9,19H,10-17H2,(H,26,28). The smallest absolute Gasteiger partial charge is 0.222 e. The summed E-state index contributed by atoms with van der Waals surface area (Å²) in [7, 11) is 0. The van der Waals surface area contributed by atoms with Crippen LogP contribution in [0.3, 0.4) is 0 Å². The summed E-state index contributed by atoms with van der Waals surface area (Å²) in [5.74, 6) is 0.568. The van der Waals surface area contributed by atoms with Gasteiger partial charge in [0.15, 0.2) is 0 Å². The topological polar surface area (TPSA) is 49.4 Å².